The molecule has 1 saturated heterocycles. The Balaban J connectivity index is 2.13. The van der Waals surface area contributed by atoms with Gasteiger partial charge in [0.15, 0.2) is 15.6 Å². The molecule has 152 valence electrons. The summed E-state index contributed by atoms with van der Waals surface area (Å²) in [5, 5.41) is 0.240. The molecule has 2 N–H and O–H groups in total. The number of halogens is 1. The number of hydrogen-bond donors (Lipinski definition) is 1. The van der Waals surface area contributed by atoms with Crippen LogP contribution in [0.15, 0.2) is 23.1 Å². The molecule has 1 fully saturated rings. The lowest BCUT2D eigenvalue weighted by atomic mass is 10.0. The van der Waals surface area contributed by atoms with E-state index in [1.165, 1.54) is 13.2 Å². The minimum atomic E-state index is -3.49. The average molecular weight is 427 g/mol. The Bertz CT molecular complexity index is 964. The van der Waals surface area contributed by atoms with Crippen LogP contribution in [0.5, 0.6) is 5.75 Å². The fourth-order valence-electron chi connectivity index (χ4n) is 3.32. The summed E-state index contributed by atoms with van der Waals surface area (Å²) >= 11 is 6.59. The van der Waals surface area contributed by atoms with E-state index >= 15 is 0 Å². The van der Waals surface area contributed by atoms with Crippen molar-refractivity contribution in [3.8, 4) is 5.75 Å². The Hall–Kier alpha value is -2.10. The largest absolute Gasteiger partial charge is 0.494 e. The van der Waals surface area contributed by atoms with Crippen LogP contribution in [0.2, 0.25) is 5.02 Å². The molecular weight excluding hydrogens is 404 g/mol. The standard InChI is InChI=1S/C18H23ClN4O4S/c1-11-9-15(22-18(20)21-11)23-7-4-8-27-10-13(23)12-5-6-14(28(3,24)25)17(26-2)16(12)19/h5-6,9,13H,4,7-8,10H2,1-3H3,(H2,20,21,22)/t13-/m0/s1. The van der Waals surface area contributed by atoms with Gasteiger partial charge in [-0.05, 0) is 25.0 Å². The molecule has 0 aliphatic carbocycles. The number of benzene rings is 1. The molecule has 0 spiro atoms. The van der Waals surface area contributed by atoms with Gasteiger partial charge in [0.05, 0.1) is 24.8 Å². The van der Waals surface area contributed by atoms with Crippen molar-refractivity contribution in [2.45, 2.75) is 24.3 Å². The van der Waals surface area contributed by atoms with Crippen LogP contribution in [-0.2, 0) is 14.6 Å². The molecule has 0 bridgehead atoms. The van der Waals surface area contributed by atoms with Crippen LogP contribution in [0.1, 0.15) is 23.7 Å². The lowest BCUT2D eigenvalue weighted by Gasteiger charge is -2.32. The highest BCUT2D eigenvalue weighted by Crippen LogP contribution is 2.40. The van der Waals surface area contributed by atoms with Crippen molar-refractivity contribution in [1.82, 2.24) is 9.97 Å². The highest BCUT2D eigenvalue weighted by Gasteiger charge is 2.30. The summed E-state index contributed by atoms with van der Waals surface area (Å²) in [5.74, 6) is 0.988. The summed E-state index contributed by atoms with van der Waals surface area (Å²) < 4.78 is 35.2. The van der Waals surface area contributed by atoms with E-state index in [9.17, 15) is 8.42 Å². The second-order valence-electron chi connectivity index (χ2n) is 6.64. The van der Waals surface area contributed by atoms with Crippen molar-refractivity contribution >= 4 is 33.2 Å². The van der Waals surface area contributed by atoms with E-state index in [4.69, 9.17) is 26.8 Å². The number of nitrogen functional groups attached to an aromatic ring is 1. The first-order valence-corrected chi connectivity index (χ1v) is 11.0. The van der Waals surface area contributed by atoms with Gasteiger partial charge in [-0.3, -0.25) is 0 Å². The molecule has 0 saturated carbocycles. The van der Waals surface area contributed by atoms with Gasteiger partial charge in [-0.25, -0.2) is 13.4 Å². The van der Waals surface area contributed by atoms with E-state index in [1.807, 2.05) is 13.0 Å². The molecule has 2 heterocycles. The molecule has 1 aromatic carbocycles. The van der Waals surface area contributed by atoms with Crippen LogP contribution in [0, 0.1) is 6.92 Å². The van der Waals surface area contributed by atoms with Gasteiger partial charge in [0.1, 0.15) is 10.7 Å². The number of nitrogens with zero attached hydrogens (tertiary/aromatic N) is 3. The maximum absolute atomic E-state index is 12.1. The molecule has 1 aliphatic rings. The quantitative estimate of drug-likeness (QED) is 0.793. The van der Waals surface area contributed by atoms with Gasteiger partial charge in [-0.1, -0.05) is 17.7 Å². The summed E-state index contributed by atoms with van der Waals surface area (Å²) in [6.07, 6.45) is 1.92. The minimum absolute atomic E-state index is 0.0481. The van der Waals surface area contributed by atoms with Gasteiger partial charge >= 0.3 is 0 Å². The number of aromatic nitrogens is 2. The zero-order valence-corrected chi connectivity index (χ0v) is 17.5. The van der Waals surface area contributed by atoms with E-state index < -0.39 is 9.84 Å². The fourth-order valence-corrected chi connectivity index (χ4v) is 4.59. The van der Waals surface area contributed by atoms with Gasteiger partial charge in [-0.2, -0.15) is 4.98 Å². The summed E-state index contributed by atoms with van der Waals surface area (Å²) in [6, 6.07) is 4.78. The molecule has 8 nitrogen and oxygen atoms in total. The first kappa shape index (κ1) is 20.6. The first-order chi connectivity index (χ1) is 13.2. The molecule has 2 aromatic rings. The maximum atomic E-state index is 12.1. The summed E-state index contributed by atoms with van der Waals surface area (Å²) in [5.41, 5.74) is 7.29. The van der Waals surface area contributed by atoms with Gasteiger partial charge in [0.25, 0.3) is 0 Å². The molecule has 1 atom stereocenters. The predicted molar refractivity (Wildman–Crippen MR) is 108 cm³/mol. The third-order valence-electron chi connectivity index (χ3n) is 4.55. The number of methoxy groups -OCH3 is 1. The van der Waals surface area contributed by atoms with Crippen LogP contribution in [0.4, 0.5) is 11.8 Å². The van der Waals surface area contributed by atoms with Gasteiger partial charge < -0.3 is 20.1 Å². The number of nitrogens with two attached hydrogens (primary N) is 1. The molecule has 1 aromatic heterocycles. The van der Waals surface area contributed by atoms with Crippen LogP contribution < -0.4 is 15.4 Å². The lowest BCUT2D eigenvalue weighted by Crippen LogP contribution is -2.32. The Morgan fingerprint density at radius 2 is 2.11 bits per heavy atom. The van der Waals surface area contributed by atoms with E-state index in [-0.39, 0.29) is 27.7 Å². The summed E-state index contributed by atoms with van der Waals surface area (Å²) in [6.45, 7) is 3.49. The summed E-state index contributed by atoms with van der Waals surface area (Å²) in [4.78, 5) is 10.6. The maximum Gasteiger partial charge on any atom is 0.222 e. The number of rotatable bonds is 4. The van der Waals surface area contributed by atoms with Crippen molar-refractivity contribution in [2.24, 2.45) is 0 Å². The van der Waals surface area contributed by atoms with E-state index in [1.54, 1.807) is 6.07 Å². The number of hydrogen-bond acceptors (Lipinski definition) is 8. The van der Waals surface area contributed by atoms with E-state index in [0.29, 0.717) is 31.1 Å². The number of ether oxygens (including phenoxy) is 2. The van der Waals surface area contributed by atoms with E-state index in [2.05, 4.69) is 14.9 Å². The highest BCUT2D eigenvalue weighted by atomic mass is 35.5. The van der Waals surface area contributed by atoms with E-state index in [0.717, 1.165) is 18.4 Å². The number of anilines is 2. The van der Waals surface area contributed by atoms with Gasteiger partial charge in [0, 0.05) is 31.2 Å². The Morgan fingerprint density at radius 3 is 2.75 bits per heavy atom. The zero-order valence-electron chi connectivity index (χ0n) is 16.0. The van der Waals surface area contributed by atoms with Gasteiger partial charge in [-0.15, -0.1) is 0 Å². The third-order valence-corrected chi connectivity index (χ3v) is 6.06. The molecule has 28 heavy (non-hydrogen) atoms. The zero-order chi connectivity index (χ0) is 20.5. The third kappa shape index (κ3) is 4.16. The highest BCUT2D eigenvalue weighted by molar-refractivity contribution is 7.90. The smallest absolute Gasteiger partial charge is 0.222 e. The second-order valence-corrected chi connectivity index (χ2v) is 9.00. The second kappa shape index (κ2) is 8.10. The molecule has 1 aliphatic heterocycles. The van der Waals surface area contributed by atoms with Crippen molar-refractivity contribution in [2.75, 3.05) is 43.8 Å². The Kier molecular flexibility index (Phi) is 5.97. The number of sulfone groups is 1. The SMILES string of the molecule is COc1c(S(C)(=O)=O)ccc([C@@H]2COCCCN2c2cc(C)nc(N)n2)c1Cl. The van der Waals surface area contributed by atoms with Crippen molar-refractivity contribution in [3.63, 3.8) is 0 Å². The predicted octanol–water partition coefficient (Wildman–Crippen LogP) is 2.40. The van der Waals surface area contributed by atoms with Crippen LogP contribution >= 0.6 is 11.6 Å². The van der Waals surface area contributed by atoms with Crippen molar-refractivity contribution in [1.29, 1.82) is 0 Å². The average Bonchev–Trinajstić information content (AvgIpc) is 2.85. The normalized spacial score (nSPS) is 18.0. The molecule has 0 unspecified atom stereocenters. The monoisotopic (exact) mass is 426 g/mol. The Labute approximate surface area is 169 Å². The van der Waals surface area contributed by atoms with Crippen molar-refractivity contribution in [3.05, 3.63) is 34.5 Å². The van der Waals surface area contributed by atoms with Crippen LogP contribution in [-0.4, -0.2) is 51.5 Å². The molecule has 10 heteroatoms. The van der Waals surface area contributed by atoms with Gasteiger partial charge in [0.2, 0.25) is 5.95 Å². The van der Waals surface area contributed by atoms with Crippen molar-refractivity contribution < 1.29 is 17.9 Å². The van der Waals surface area contributed by atoms with Crippen LogP contribution in [0.3, 0.4) is 0 Å². The molecule has 0 amide bonds. The molecule has 3 rings (SSSR count). The van der Waals surface area contributed by atoms with Crippen LogP contribution in [0.25, 0.3) is 0 Å². The fraction of sp³-hybridized carbons (Fsp3) is 0.444. The molecular formula is C18H23ClN4O4S. The summed E-state index contributed by atoms with van der Waals surface area (Å²) in [7, 11) is -2.09. The molecule has 0 radical (unpaired) electrons. The topological polar surface area (TPSA) is 108 Å². The Morgan fingerprint density at radius 1 is 1.36 bits per heavy atom. The number of aryl methyl sites for hydroxylation is 1. The minimum Gasteiger partial charge on any atom is -0.494 e. The first-order valence-electron chi connectivity index (χ1n) is 8.74. The lowest BCUT2D eigenvalue weighted by molar-refractivity contribution is 0.134.